The highest BCUT2D eigenvalue weighted by atomic mass is 35.5. The molecular weight excluding hydrogens is 320 g/mol. The third-order valence-electron chi connectivity index (χ3n) is 2.31. The number of halogens is 1. The molecule has 21 heavy (non-hydrogen) atoms. The number of hydrogen-bond donors (Lipinski definition) is 1. The van der Waals surface area contributed by atoms with E-state index in [0.29, 0.717) is 5.41 Å². The molecule has 114 valence electrons. The van der Waals surface area contributed by atoms with E-state index in [1.54, 1.807) is 6.07 Å². The standard InChI is InChI=1S/C13H13ClO6S/c14-10-4-1-2-5-11(10)21(18,19)9-7-13(17)20-8-3-6-12(15)16/h1-2,4-5,7,9H,3,6,8H2,(H,15,16)/b9-7+. The molecular formula is C13H13ClO6S. The van der Waals surface area contributed by atoms with Crippen LogP contribution < -0.4 is 0 Å². The van der Waals surface area contributed by atoms with Crippen molar-refractivity contribution in [2.24, 2.45) is 0 Å². The zero-order chi connectivity index (χ0) is 15.9. The molecule has 0 saturated carbocycles. The number of rotatable bonds is 7. The minimum absolute atomic E-state index is 0.0528. The second kappa shape index (κ2) is 7.80. The van der Waals surface area contributed by atoms with Gasteiger partial charge in [0.2, 0.25) is 9.84 Å². The molecule has 0 amide bonds. The number of hydrogen-bond acceptors (Lipinski definition) is 5. The van der Waals surface area contributed by atoms with Crippen LogP contribution in [0.25, 0.3) is 0 Å². The van der Waals surface area contributed by atoms with Crippen molar-refractivity contribution in [3.05, 3.63) is 40.8 Å². The van der Waals surface area contributed by atoms with Gasteiger partial charge in [-0.25, -0.2) is 13.2 Å². The number of carbonyl (C=O) groups excluding carboxylic acids is 1. The van der Waals surface area contributed by atoms with Gasteiger partial charge < -0.3 is 9.84 Å². The van der Waals surface area contributed by atoms with Gasteiger partial charge in [0.15, 0.2) is 0 Å². The van der Waals surface area contributed by atoms with Crippen molar-refractivity contribution in [3.8, 4) is 0 Å². The van der Waals surface area contributed by atoms with E-state index < -0.39 is 21.8 Å². The van der Waals surface area contributed by atoms with Crippen molar-refractivity contribution in [2.75, 3.05) is 6.61 Å². The number of carbonyl (C=O) groups is 2. The average Bonchev–Trinajstić information content (AvgIpc) is 2.41. The highest BCUT2D eigenvalue weighted by molar-refractivity contribution is 7.94. The first-order valence-corrected chi connectivity index (χ1v) is 7.81. The summed E-state index contributed by atoms with van der Waals surface area (Å²) in [6.45, 7) is -0.0956. The molecule has 1 aromatic rings. The molecule has 8 heteroatoms. The number of carboxylic acids is 1. The maximum Gasteiger partial charge on any atom is 0.331 e. The van der Waals surface area contributed by atoms with E-state index in [4.69, 9.17) is 16.7 Å². The fraction of sp³-hybridized carbons (Fsp3) is 0.231. The van der Waals surface area contributed by atoms with Crippen LogP contribution in [0.5, 0.6) is 0 Å². The minimum Gasteiger partial charge on any atom is -0.481 e. The van der Waals surface area contributed by atoms with E-state index in [2.05, 4.69) is 4.74 Å². The first-order valence-electron chi connectivity index (χ1n) is 5.89. The van der Waals surface area contributed by atoms with Gasteiger partial charge in [-0.3, -0.25) is 4.79 Å². The monoisotopic (exact) mass is 332 g/mol. The molecule has 0 unspecified atom stereocenters. The van der Waals surface area contributed by atoms with Crippen LogP contribution in [0.1, 0.15) is 12.8 Å². The number of carboxylic acid groups (broad SMARTS) is 1. The van der Waals surface area contributed by atoms with Crippen LogP contribution >= 0.6 is 11.6 Å². The normalized spacial score (nSPS) is 11.5. The van der Waals surface area contributed by atoms with E-state index in [1.807, 2.05) is 0 Å². The molecule has 0 fully saturated rings. The summed E-state index contributed by atoms with van der Waals surface area (Å²) in [6.07, 6.45) is 0.792. The molecule has 0 bridgehead atoms. The predicted molar refractivity (Wildman–Crippen MR) is 75.6 cm³/mol. The van der Waals surface area contributed by atoms with Crippen molar-refractivity contribution in [1.29, 1.82) is 0 Å². The van der Waals surface area contributed by atoms with E-state index in [-0.39, 0.29) is 29.4 Å². The number of benzene rings is 1. The highest BCUT2D eigenvalue weighted by Gasteiger charge is 2.14. The Kier molecular flexibility index (Phi) is 6.39. The maximum absolute atomic E-state index is 11.9. The van der Waals surface area contributed by atoms with Gasteiger partial charge >= 0.3 is 11.9 Å². The smallest absolute Gasteiger partial charge is 0.331 e. The fourth-order valence-electron chi connectivity index (χ4n) is 1.34. The molecule has 0 spiro atoms. The summed E-state index contributed by atoms with van der Waals surface area (Å²) in [5, 5.41) is 9.15. The Morgan fingerprint density at radius 1 is 1.29 bits per heavy atom. The molecule has 0 saturated heterocycles. The number of esters is 1. The van der Waals surface area contributed by atoms with Crippen LogP contribution in [0.4, 0.5) is 0 Å². The molecule has 1 aromatic carbocycles. The molecule has 0 aliphatic carbocycles. The van der Waals surface area contributed by atoms with Gasteiger partial charge in [0.05, 0.1) is 16.5 Å². The summed E-state index contributed by atoms with van der Waals surface area (Å²) in [4.78, 5) is 21.4. The number of sulfone groups is 1. The summed E-state index contributed by atoms with van der Waals surface area (Å²) >= 11 is 5.77. The Hall–Kier alpha value is -1.86. The lowest BCUT2D eigenvalue weighted by molar-refractivity contribution is -0.141. The quantitative estimate of drug-likeness (QED) is 0.466. The maximum atomic E-state index is 11.9. The average molecular weight is 333 g/mol. The van der Waals surface area contributed by atoms with Crippen LogP contribution in [0, 0.1) is 0 Å². The molecule has 0 aromatic heterocycles. The molecule has 0 radical (unpaired) electrons. The third kappa shape index (κ3) is 5.97. The van der Waals surface area contributed by atoms with Gasteiger partial charge in [0.1, 0.15) is 0 Å². The van der Waals surface area contributed by atoms with Crippen molar-refractivity contribution < 1.29 is 27.9 Å². The lowest BCUT2D eigenvalue weighted by Gasteiger charge is -2.02. The predicted octanol–water partition coefficient (Wildman–Crippen LogP) is 2.04. The molecule has 1 N–H and O–H groups in total. The zero-order valence-corrected chi connectivity index (χ0v) is 12.4. The Bertz CT molecular complexity index is 650. The summed E-state index contributed by atoms with van der Waals surface area (Å²) in [5.74, 6) is -1.86. The van der Waals surface area contributed by atoms with Gasteiger partial charge in [0.25, 0.3) is 0 Å². The van der Waals surface area contributed by atoms with Gasteiger partial charge in [-0.1, -0.05) is 23.7 Å². The fourth-order valence-corrected chi connectivity index (χ4v) is 2.84. The lowest BCUT2D eigenvalue weighted by atomic mass is 10.3. The second-order valence-corrected chi connectivity index (χ2v) is 6.15. The van der Waals surface area contributed by atoms with Crippen molar-refractivity contribution in [3.63, 3.8) is 0 Å². The van der Waals surface area contributed by atoms with Crippen molar-refractivity contribution >= 4 is 33.4 Å². The minimum atomic E-state index is -3.84. The van der Waals surface area contributed by atoms with Crippen molar-refractivity contribution in [2.45, 2.75) is 17.7 Å². The van der Waals surface area contributed by atoms with Gasteiger partial charge in [-0.2, -0.15) is 0 Å². The second-order valence-electron chi connectivity index (χ2n) is 3.94. The summed E-state index contributed by atoms with van der Waals surface area (Å²) in [7, 11) is -3.84. The molecule has 0 atom stereocenters. The van der Waals surface area contributed by atoms with Gasteiger partial charge in [-0.05, 0) is 18.6 Å². The summed E-state index contributed by atoms with van der Waals surface area (Å²) in [5.41, 5.74) is 0. The van der Waals surface area contributed by atoms with Crippen molar-refractivity contribution in [1.82, 2.24) is 0 Å². The topological polar surface area (TPSA) is 97.7 Å². The largest absolute Gasteiger partial charge is 0.481 e. The summed E-state index contributed by atoms with van der Waals surface area (Å²) < 4.78 is 28.5. The Morgan fingerprint density at radius 3 is 2.57 bits per heavy atom. The molecule has 0 aliphatic rings. The van der Waals surface area contributed by atoms with E-state index in [9.17, 15) is 18.0 Å². The Balaban J connectivity index is 2.61. The SMILES string of the molecule is O=C(O)CCCOC(=O)/C=C/S(=O)(=O)c1ccccc1Cl. The first-order chi connectivity index (χ1) is 9.83. The van der Waals surface area contributed by atoms with Crippen LogP contribution in [-0.4, -0.2) is 32.1 Å². The zero-order valence-electron chi connectivity index (χ0n) is 10.9. The molecule has 1 rings (SSSR count). The number of ether oxygens (including phenoxy) is 1. The number of aliphatic carboxylic acids is 1. The molecule has 6 nitrogen and oxygen atoms in total. The first kappa shape index (κ1) is 17.2. The third-order valence-corrected chi connectivity index (χ3v) is 4.21. The van der Waals surface area contributed by atoms with Gasteiger partial charge in [-0.15, -0.1) is 0 Å². The lowest BCUT2D eigenvalue weighted by Crippen LogP contribution is -2.06. The van der Waals surface area contributed by atoms with Crippen LogP contribution in [0.2, 0.25) is 5.02 Å². The Morgan fingerprint density at radius 2 is 1.95 bits per heavy atom. The van der Waals surface area contributed by atoms with E-state index in [1.165, 1.54) is 18.2 Å². The van der Waals surface area contributed by atoms with Crippen LogP contribution in [0.3, 0.4) is 0 Å². The highest BCUT2D eigenvalue weighted by Crippen LogP contribution is 2.22. The van der Waals surface area contributed by atoms with Gasteiger partial charge in [0, 0.05) is 17.9 Å². The summed E-state index contributed by atoms with van der Waals surface area (Å²) in [6, 6.07) is 5.84. The molecule has 0 heterocycles. The van der Waals surface area contributed by atoms with E-state index >= 15 is 0 Å². The van der Waals surface area contributed by atoms with Crippen LogP contribution in [-0.2, 0) is 24.2 Å². The Labute approximate surface area is 126 Å². The van der Waals surface area contributed by atoms with Crippen LogP contribution in [0.15, 0.2) is 40.6 Å². The molecule has 0 aliphatic heterocycles. The van der Waals surface area contributed by atoms with E-state index in [0.717, 1.165) is 6.08 Å².